The molecular weight excluding hydrogens is 773 g/mol. The van der Waals surface area contributed by atoms with Crippen molar-refractivity contribution in [3.05, 3.63) is 126 Å². The Bertz CT molecular complexity index is 2210. The molecule has 1 aliphatic rings. The molecule has 1 aliphatic heterocycles. The third-order valence-electron chi connectivity index (χ3n) is 10.9. The highest BCUT2D eigenvalue weighted by molar-refractivity contribution is 5.91. The molecule has 0 aliphatic carbocycles. The molecule has 2 unspecified atom stereocenters. The maximum atomic E-state index is 14.1. The van der Waals surface area contributed by atoms with Crippen LogP contribution in [0.15, 0.2) is 97.3 Å². The summed E-state index contributed by atoms with van der Waals surface area (Å²) in [6, 6.07) is 26.1. The predicted molar refractivity (Wildman–Crippen MR) is 234 cm³/mol. The molecule has 14 heteroatoms. The van der Waals surface area contributed by atoms with Crippen LogP contribution in [0.25, 0.3) is 10.9 Å². The van der Waals surface area contributed by atoms with Crippen LogP contribution in [0, 0.1) is 0 Å². The van der Waals surface area contributed by atoms with Crippen LogP contribution in [0.4, 0.5) is 9.59 Å². The molecule has 2 aromatic heterocycles. The van der Waals surface area contributed by atoms with Gasteiger partial charge in [-0.2, -0.15) is 0 Å². The number of aromatic amines is 2. The largest absolute Gasteiger partial charge is 0.458 e. The fraction of sp³-hybridized carbons (Fsp3) is 0.426. The van der Waals surface area contributed by atoms with Gasteiger partial charge in [-0.25, -0.2) is 19.4 Å². The molecule has 3 aromatic carbocycles. The number of rotatable bonds is 17. The van der Waals surface area contributed by atoms with E-state index in [0.29, 0.717) is 56.8 Å². The van der Waals surface area contributed by atoms with Crippen molar-refractivity contribution < 1.29 is 28.7 Å². The number of hydrogen-bond acceptors (Lipinski definition) is 8. The van der Waals surface area contributed by atoms with E-state index in [1.807, 2.05) is 83.9 Å². The molecule has 3 heterocycles. The van der Waals surface area contributed by atoms with Crippen LogP contribution in [-0.4, -0.2) is 93.1 Å². The number of para-hydroxylation sites is 1. The van der Waals surface area contributed by atoms with Gasteiger partial charge in [-0.15, -0.1) is 0 Å². The Balaban J connectivity index is 1.10. The van der Waals surface area contributed by atoms with E-state index in [2.05, 4.69) is 43.0 Å². The van der Waals surface area contributed by atoms with E-state index in [0.717, 1.165) is 41.7 Å². The Labute approximate surface area is 358 Å². The van der Waals surface area contributed by atoms with Gasteiger partial charge in [-0.05, 0) is 76.6 Å². The summed E-state index contributed by atoms with van der Waals surface area (Å²) >= 11 is 0. The first-order valence-electron chi connectivity index (χ1n) is 21.2. The number of nitrogens with zero attached hydrogens (tertiary/aromatic N) is 3. The molecule has 0 saturated carbocycles. The highest BCUT2D eigenvalue weighted by Crippen LogP contribution is 2.28. The predicted octanol–water partition coefficient (Wildman–Crippen LogP) is 6.90. The standard InChI is InChI=1S/C47H60N8O6/c1-46(2,3)61-42(56)38(22-14-15-23-48-45(59)60-32-34-18-10-7-11-19-34)51-43(57)47(4,5)40-30-50-41(53-40)39(28-35-29-49-37-21-13-12-20-36(35)37)52-44(58)55-26-24-54(25-27-55)31-33-16-8-6-9-17-33/h6-13,16-21,29-30,38-39,49H,14-15,22-28,31-32H2,1-5H3,(H,48,59)(H,50,53)(H,51,57)(H,52,58). The number of H-pyrrole nitrogens is 2. The van der Waals surface area contributed by atoms with Gasteiger partial charge in [-0.3, -0.25) is 9.69 Å². The fourth-order valence-corrected chi connectivity index (χ4v) is 7.28. The van der Waals surface area contributed by atoms with Crippen molar-refractivity contribution in [3.8, 4) is 0 Å². The summed E-state index contributed by atoms with van der Waals surface area (Å²) in [6.45, 7) is 12.9. The van der Waals surface area contributed by atoms with Gasteiger partial charge >= 0.3 is 18.1 Å². The zero-order valence-corrected chi connectivity index (χ0v) is 36.0. The molecule has 1 saturated heterocycles. The number of amides is 4. The summed E-state index contributed by atoms with van der Waals surface area (Å²) in [4.78, 5) is 69.3. The Morgan fingerprint density at radius 3 is 2.20 bits per heavy atom. The minimum Gasteiger partial charge on any atom is -0.458 e. The van der Waals surface area contributed by atoms with E-state index in [4.69, 9.17) is 14.5 Å². The SMILES string of the molecule is CC(C)(C)OC(=O)C(CCCCNC(=O)OCc1ccccc1)NC(=O)C(C)(C)c1cnc(C(Cc2c[nH]c3ccccc23)NC(=O)N2CCN(Cc3ccccc3)CC2)[nH]1. The maximum Gasteiger partial charge on any atom is 0.407 e. The number of ether oxygens (including phenoxy) is 2. The minimum atomic E-state index is -1.15. The third-order valence-corrected chi connectivity index (χ3v) is 10.9. The highest BCUT2D eigenvalue weighted by Gasteiger charge is 2.37. The number of carbonyl (C=O) groups excluding carboxylic acids is 4. The van der Waals surface area contributed by atoms with Crippen LogP contribution >= 0.6 is 0 Å². The van der Waals surface area contributed by atoms with Gasteiger partial charge in [-0.1, -0.05) is 78.9 Å². The Kier molecular flexibility index (Phi) is 14.9. The Morgan fingerprint density at radius 2 is 1.49 bits per heavy atom. The third kappa shape index (κ3) is 12.7. The van der Waals surface area contributed by atoms with Gasteiger partial charge in [0.15, 0.2) is 0 Å². The van der Waals surface area contributed by atoms with E-state index in [9.17, 15) is 19.2 Å². The van der Waals surface area contributed by atoms with E-state index in [1.54, 1.807) is 40.8 Å². The van der Waals surface area contributed by atoms with Crippen LogP contribution < -0.4 is 16.0 Å². The van der Waals surface area contributed by atoms with Gasteiger partial charge in [0.2, 0.25) is 5.91 Å². The van der Waals surface area contributed by atoms with Crippen molar-refractivity contribution >= 4 is 34.9 Å². The molecular formula is C47H60N8O6. The van der Waals surface area contributed by atoms with Crippen molar-refractivity contribution in [3.63, 3.8) is 0 Å². The zero-order valence-electron chi connectivity index (χ0n) is 36.0. The fourth-order valence-electron chi connectivity index (χ4n) is 7.28. The molecule has 14 nitrogen and oxygen atoms in total. The van der Waals surface area contributed by atoms with Gasteiger partial charge in [0.05, 0.1) is 11.5 Å². The lowest BCUT2D eigenvalue weighted by molar-refractivity contribution is -0.159. The van der Waals surface area contributed by atoms with Crippen molar-refractivity contribution in [2.45, 2.75) is 96.6 Å². The second-order valence-corrected chi connectivity index (χ2v) is 17.2. The van der Waals surface area contributed by atoms with E-state index >= 15 is 0 Å². The number of fused-ring (bicyclic) bond motifs is 1. The van der Waals surface area contributed by atoms with E-state index in [-0.39, 0.29) is 12.6 Å². The monoisotopic (exact) mass is 832 g/mol. The topological polar surface area (TPSA) is 174 Å². The van der Waals surface area contributed by atoms with Crippen LogP contribution in [-0.2, 0) is 44.1 Å². The first-order chi connectivity index (χ1) is 29.2. The summed E-state index contributed by atoms with van der Waals surface area (Å²) in [5, 5.41) is 10.00. The van der Waals surface area contributed by atoms with E-state index in [1.165, 1.54) is 5.56 Å². The average molecular weight is 833 g/mol. The normalized spacial score (nSPS) is 14.5. The second kappa shape index (κ2) is 20.4. The molecule has 4 amide bonds. The zero-order chi connectivity index (χ0) is 43.4. The number of unbranched alkanes of at least 4 members (excludes halogenated alkanes) is 1. The maximum absolute atomic E-state index is 14.1. The van der Waals surface area contributed by atoms with Crippen LogP contribution in [0.1, 0.15) is 88.1 Å². The lowest BCUT2D eigenvalue weighted by atomic mass is 9.88. The molecule has 0 spiro atoms. The number of urea groups is 1. The van der Waals surface area contributed by atoms with Crippen molar-refractivity contribution in [2.24, 2.45) is 0 Å². The highest BCUT2D eigenvalue weighted by atomic mass is 16.6. The minimum absolute atomic E-state index is 0.167. The van der Waals surface area contributed by atoms with Gasteiger partial charge in [0, 0.05) is 74.7 Å². The molecule has 2 atom stereocenters. The quantitative estimate of drug-likeness (QED) is 0.0497. The van der Waals surface area contributed by atoms with Gasteiger partial charge in [0.25, 0.3) is 0 Å². The second-order valence-electron chi connectivity index (χ2n) is 17.2. The van der Waals surface area contributed by atoms with Crippen LogP contribution in [0.5, 0.6) is 0 Å². The number of carbonyl (C=O) groups is 4. The van der Waals surface area contributed by atoms with Crippen LogP contribution in [0.3, 0.4) is 0 Å². The van der Waals surface area contributed by atoms with Crippen LogP contribution in [0.2, 0.25) is 0 Å². The Morgan fingerprint density at radius 1 is 0.820 bits per heavy atom. The Hall–Kier alpha value is -6.15. The first kappa shape index (κ1) is 44.4. The number of imidazole rings is 1. The van der Waals surface area contributed by atoms with Crippen molar-refractivity contribution in [2.75, 3.05) is 32.7 Å². The van der Waals surface area contributed by atoms with Gasteiger partial charge < -0.3 is 40.3 Å². The molecule has 0 radical (unpaired) electrons. The molecule has 5 aromatic rings. The lowest BCUT2D eigenvalue weighted by Crippen LogP contribution is -2.52. The van der Waals surface area contributed by atoms with Gasteiger partial charge in [0.1, 0.15) is 24.1 Å². The molecule has 5 N–H and O–H groups in total. The number of nitrogens with one attached hydrogen (secondary N) is 5. The lowest BCUT2D eigenvalue weighted by Gasteiger charge is -2.35. The smallest absolute Gasteiger partial charge is 0.407 e. The molecule has 6 rings (SSSR count). The number of hydrogen-bond donors (Lipinski definition) is 5. The number of aromatic nitrogens is 3. The number of alkyl carbamates (subject to hydrolysis) is 1. The number of piperazine rings is 1. The molecule has 0 bridgehead atoms. The summed E-state index contributed by atoms with van der Waals surface area (Å²) in [5.41, 5.74) is 2.74. The summed E-state index contributed by atoms with van der Waals surface area (Å²) in [7, 11) is 0. The van der Waals surface area contributed by atoms with E-state index < -0.39 is 41.1 Å². The number of benzene rings is 3. The van der Waals surface area contributed by atoms with Crippen molar-refractivity contribution in [1.82, 2.24) is 40.7 Å². The summed E-state index contributed by atoms with van der Waals surface area (Å²) in [5.74, 6) is -0.429. The van der Waals surface area contributed by atoms with Crippen molar-refractivity contribution in [1.29, 1.82) is 0 Å². The molecule has 324 valence electrons. The molecule has 61 heavy (non-hydrogen) atoms. The summed E-state index contributed by atoms with van der Waals surface area (Å²) in [6.07, 6.45) is 4.87. The summed E-state index contributed by atoms with van der Waals surface area (Å²) < 4.78 is 11.0. The first-order valence-corrected chi connectivity index (χ1v) is 21.2. The average Bonchev–Trinajstić information content (AvgIpc) is 3.91. The molecule has 1 fully saturated rings. The number of esters is 1.